The number of hydrogen-bond donors (Lipinski definition) is 1. The maximum absolute atomic E-state index is 11.9. The van der Waals surface area contributed by atoms with E-state index in [1.807, 2.05) is 6.07 Å². The molecule has 1 aromatic rings. The third-order valence-corrected chi connectivity index (χ3v) is 4.84. The number of amides is 1. The van der Waals surface area contributed by atoms with Crippen LogP contribution in [0, 0.1) is 0 Å². The van der Waals surface area contributed by atoms with Crippen LogP contribution >= 0.6 is 11.6 Å². The van der Waals surface area contributed by atoms with Crippen LogP contribution in [0.4, 0.5) is 5.69 Å². The largest absolute Gasteiger partial charge is 0.325 e. The molecule has 20 heavy (non-hydrogen) atoms. The zero-order chi connectivity index (χ0) is 15.0. The van der Waals surface area contributed by atoms with Gasteiger partial charge in [0.25, 0.3) is 0 Å². The molecule has 0 aromatic heterocycles. The predicted octanol–water partition coefficient (Wildman–Crippen LogP) is 1.91. The molecule has 1 rings (SSSR count). The van der Waals surface area contributed by atoms with E-state index < -0.39 is 10.0 Å². The minimum absolute atomic E-state index is 0.00877. The van der Waals surface area contributed by atoms with Gasteiger partial charge in [0.15, 0.2) is 0 Å². The van der Waals surface area contributed by atoms with Gasteiger partial charge >= 0.3 is 0 Å². The number of anilines is 1. The summed E-state index contributed by atoms with van der Waals surface area (Å²) in [5.41, 5.74) is 0.644. The average molecular weight is 319 g/mol. The van der Waals surface area contributed by atoms with E-state index in [2.05, 4.69) is 5.32 Å². The number of nitrogens with zero attached hydrogens (tertiary/aromatic N) is 1. The van der Waals surface area contributed by atoms with E-state index in [9.17, 15) is 13.2 Å². The number of alkyl halides is 1. The first-order valence-electron chi connectivity index (χ1n) is 6.30. The maximum Gasteiger partial charge on any atom is 0.239 e. The molecule has 0 saturated carbocycles. The second-order valence-corrected chi connectivity index (χ2v) is 6.96. The summed E-state index contributed by atoms with van der Waals surface area (Å²) in [6.07, 6.45) is 1.14. The number of carbonyl (C=O) groups excluding carboxylic acids is 1. The van der Waals surface area contributed by atoms with Crippen molar-refractivity contribution in [1.29, 1.82) is 0 Å². The summed E-state index contributed by atoms with van der Waals surface area (Å²) in [6, 6.07) is 8.91. The summed E-state index contributed by atoms with van der Waals surface area (Å²) in [5, 5.41) is 2.65. The molecule has 0 atom stereocenters. The second kappa shape index (κ2) is 8.24. The second-order valence-electron chi connectivity index (χ2n) is 4.38. The molecular weight excluding hydrogens is 300 g/mol. The van der Waals surface area contributed by atoms with Crippen LogP contribution in [-0.4, -0.2) is 43.9 Å². The van der Waals surface area contributed by atoms with Gasteiger partial charge in [0, 0.05) is 18.6 Å². The Bertz CT molecular complexity index is 520. The fourth-order valence-corrected chi connectivity index (χ4v) is 2.94. The Hall–Kier alpha value is -1.11. The zero-order valence-corrected chi connectivity index (χ0v) is 13.0. The Labute approximate surface area is 125 Å². The molecule has 0 fully saturated rings. The highest BCUT2D eigenvalue weighted by molar-refractivity contribution is 7.89. The van der Waals surface area contributed by atoms with E-state index in [1.165, 1.54) is 7.05 Å². The lowest BCUT2D eigenvalue weighted by molar-refractivity contribution is -0.116. The number of halogens is 1. The van der Waals surface area contributed by atoms with Crippen molar-refractivity contribution in [1.82, 2.24) is 4.31 Å². The molecule has 0 unspecified atom stereocenters. The standard InChI is InChI=1S/C13H19ClN2O3S/c1-16(20(18,19)10-6-5-9-14)11-13(17)15-12-7-3-2-4-8-12/h2-4,7-8H,5-6,9-11H2,1H3,(H,15,17). The van der Waals surface area contributed by atoms with Crippen LogP contribution in [0.3, 0.4) is 0 Å². The van der Waals surface area contributed by atoms with Crippen molar-refractivity contribution in [2.75, 3.05) is 30.5 Å². The Balaban J connectivity index is 2.48. The van der Waals surface area contributed by atoms with Crippen molar-refractivity contribution in [2.45, 2.75) is 12.8 Å². The molecule has 0 heterocycles. The van der Waals surface area contributed by atoms with Crippen LogP contribution in [0.25, 0.3) is 0 Å². The summed E-state index contributed by atoms with van der Waals surface area (Å²) in [6.45, 7) is -0.196. The van der Waals surface area contributed by atoms with Gasteiger partial charge in [-0.05, 0) is 25.0 Å². The summed E-state index contributed by atoms with van der Waals surface area (Å²) < 4.78 is 24.9. The summed E-state index contributed by atoms with van der Waals surface area (Å²) >= 11 is 5.51. The molecule has 0 spiro atoms. The van der Waals surface area contributed by atoms with Gasteiger partial charge in [-0.3, -0.25) is 4.79 Å². The molecular formula is C13H19ClN2O3S. The number of hydrogen-bond acceptors (Lipinski definition) is 3. The maximum atomic E-state index is 11.9. The molecule has 112 valence electrons. The van der Waals surface area contributed by atoms with Gasteiger partial charge in [0.05, 0.1) is 12.3 Å². The summed E-state index contributed by atoms with van der Waals surface area (Å²) in [5.74, 6) is 0.0855. The number of rotatable bonds is 8. The average Bonchev–Trinajstić information content (AvgIpc) is 2.39. The number of likely N-dealkylation sites (N-methyl/N-ethyl adjacent to an activating group) is 1. The molecule has 7 heteroatoms. The van der Waals surface area contributed by atoms with Gasteiger partial charge in [0.1, 0.15) is 0 Å². The van der Waals surface area contributed by atoms with Gasteiger partial charge < -0.3 is 5.32 Å². The van der Waals surface area contributed by atoms with Crippen molar-refractivity contribution in [3.63, 3.8) is 0 Å². The molecule has 5 nitrogen and oxygen atoms in total. The first-order chi connectivity index (χ1) is 9.45. The van der Waals surface area contributed by atoms with Gasteiger partial charge in [-0.2, -0.15) is 4.31 Å². The first-order valence-corrected chi connectivity index (χ1v) is 8.45. The van der Waals surface area contributed by atoms with Crippen LogP contribution in [-0.2, 0) is 14.8 Å². The van der Waals surface area contributed by atoms with Crippen molar-refractivity contribution < 1.29 is 13.2 Å². The van der Waals surface area contributed by atoms with E-state index in [-0.39, 0.29) is 18.2 Å². The van der Waals surface area contributed by atoms with Crippen molar-refractivity contribution in [2.24, 2.45) is 0 Å². The minimum Gasteiger partial charge on any atom is -0.325 e. The highest BCUT2D eigenvalue weighted by Gasteiger charge is 2.19. The molecule has 0 aliphatic carbocycles. The van der Waals surface area contributed by atoms with Gasteiger partial charge in [-0.25, -0.2) is 8.42 Å². The normalized spacial score (nSPS) is 11.6. The Morgan fingerprint density at radius 2 is 1.90 bits per heavy atom. The Morgan fingerprint density at radius 1 is 1.25 bits per heavy atom. The zero-order valence-electron chi connectivity index (χ0n) is 11.4. The highest BCUT2D eigenvalue weighted by Crippen LogP contribution is 2.07. The Kier molecular flexibility index (Phi) is 6.98. The molecule has 0 bridgehead atoms. The number of carbonyl (C=O) groups is 1. The quantitative estimate of drug-likeness (QED) is 0.588. The third kappa shape index (κ3) is 5.90. The number of benzene rings is 1. The third-order valence-electron chi connectivity index (χ3n) is 2.68. The monoisotopic (exact) mass is 318 g/mol. The van der Waals surface area contributed by atoms with Crippen LogP contribution in [0.5, 0.6) is 0 Å². The number of sulfonamides is 1. The van der Waals surface area contributed by atoms with Crippen LogP contribution < -0.4 is 5.32 Å². The van der Waals surface area contributed by atoms with Crippen molar-refractivity contribution >= 4 is 33.2 Å². The molecule has 1 amide bonds. The topological polar surface area (TPSA) is 66.5 Å². The molecule has 0 aliphatic rings. The molecule has 0 radical (unpaired) electrons. The van der Waals surface area contributed by atoms with Gasteiger partial charge in [-0.1, -0.05) is 18.2 Å². The molecule has 1 aromatic carbocycles. The lowest BCUT2D eigenvalue weighted by Gasteiger charge is -2.16. The number of para-hydroxylation sites is 1. The van der Waals surface area contributed by atoms with Gasteiger partial charge in [-0.15, -0.1) is 11.6 Å². The summed E-state index contributed by atoms with van der Waals surface area (Å²) in [4.78, 5) is 11.8. The minimum atomic E-state index is -3.41. The fourth-order valence-electron chi connectivity index (χ4n) is 1.56. The SMILES string of the molecule is CN(CC(=O)Nc1ccccc1)S(=O)(=O)CCCCCl. The van der Waals surface area contributed by atoms with E-state index in [1.54, 1.807) is 24.3 Å². The van der Waals surface area contributed by atoms with Crippen molar-refractivity contribution in [3.05, 3.63) is 30.3 Å². The molecule has 0 aliphatic heterocycles. The van der Waals surface area contributed by atoms with E-state index in [0.717, 1.165) is 4.31 Å². The highest BCUT2D eigenvalue weighted by atomic mass is 35.5. The van der Waals surface area contributed by atoms with Gasteiger partial charge in [0.2, 0.25) is 15.9 Å². The smallest absolute Gasteiger partial charge is 0.239 e. The summed E-state index contributed by atoms with van der Waals surface area (Å²) in [7, 11) is -2.00. The van der Waals surface area contributed by atoms with Crippen molar-refractivity contribution in [3.8, 4) is 0 Å². The van der Waals surface area contributed by atoms with E-state index in [4.69, 9.17) is 11.6 Å². The molecule has 1 N–H and O–H groups in total. The van der Waals surface area contributed by atoms with E-state index >= 15 is 0 Å². The lowest BCUT2D eigenvalue weighted by atomic mass is 10.3. The number of nitrogens with one attached hydrogen (secondary N) is 1. The Morgan fingerprint density at radius 3 is 2.50 bits per heavy atom. The van der Waals surface area contributed by atoms with Crippen LogP contribution in [0.2, 0.25) is 0 Å². The van der Waals surface area contributed by atoms with Crippen LogP contribution in [0.1, 0.15) is 12.8 Å². The van der Waals surface area contributed by atoms with E-state index in [0.29, 0.717) is 24.4 Å². The fraction of sp³-hybridized carbons (Fsp3) is 0.462. The predicted molar refractivity (Wildman–Crippen MR) is 81.4 cm³/mol. The first kappa shape index (κ1) is 16.9. The van der Waals surface area contributed by atoms with Crippen LogP contribution in [0.15, 0.2) is 30.3 Å². The lowest BCUT2D eigenvalue weighted by Crippen LogP contribution is -2.36. The molecule has 0 saturated heterocycles. The number of unbranched alkanes of at least 4 members (excludes halogenated alkanes) is 1.